The molecular formula is C19H16O. The summed E-state index contributed by atoms with van der Waals surface area (Å²) in [7, 11) is 0. The van der Waals surface area contributed by atoms with E-state index in [0.29, 0.717) is 6.42 Å². The van der Waals surface area contributed by atoms with Crippen LogP contribution in [0.1, 0.15) is 13.3 Å². The number of ketones is 1. The largest absolute Gasteiger partial charge is 0.290 e. The first-order chi connectivity index (χ1) is 9.65. The van der Waals surface area contributed by atoms with Gasteiger partial charge in [-0.05, 0) is 30.2 Å². The third kappa shape index (κ3) is 5.71. The van der Waals surface area contributed by atoms with Crippen LogP contribution in [0.2, 0.25) is 0 Å². The van der Waals surface area contributed by atoms with Gasteiger partial charge in [0, 0.05) is 12.0 Å². The SMILES string of the molecule is C#CC1=CC=CC=C(/C=C/C(=O)/C=C/C=C(/C)C#C)C1. The fraction of sp³-hybridized carbons (Fsp3) is 0.105. The van der Waals surface area contributed by atoms with Crippen LogP contribution < -0.4 is 0 Å². The van der Waals surface area contributed by atoms with Crippen LogP contribution in [0.25, 0.3) is 0 Å². The summed E-state index contributed by atoms with van der Waals surface area (Å²) >= 11 is 0. The van der Waals surface area contributed by atoms with Crippen molar-refractivity contribution in [2.24, 2.45) is 0 Å². The number of carbonyl (C=O) groups excluding carboxylic acids is 1. The normalized spacial score (nSPS) is 15.4. The van der Waals surface area contributed by atoms with Gasteiger partial charge in [0.25, 0.3) is 0 Å². The minimum Gasteiger partial charge on any atom is -0.290 e. The predicted molar refractivity (Wildman–Crippen MR) is 84.6 cm³/mol. The Morgan fingerprint density at radius 1 is 1.25 bits per heavy atom. The monoisotopic (exact) mass is 260 g/mol. The molecule has 0 spiro atoms. The quantitative estimate of drug-likeness (QED) is 0.428. The Kier molecular flexibility index (Phi) is 6.38. The minimum atomic E-state index is -0.0913. The lowest BCUT2D eigenvalue weighted by atomic mass is 10.1. The number of rotatable bonds is 4. The third-order valence-corrected chi connectivity index (χ3v) is 2.59. The number of hydrogen-bond acceptors (Lipinski definition) is 1. The molecule has 1 aliphatic carbocycles. The van der Waals surface area contributed by atoms with E-state index in [0.717, 1.165) is 16.7 Å². The Bertz CT molecular complexity index is 632. The molecule has 0 radical (unpaired) electrons. The highest BCUT2D eigenvalue weighted by molar-refractivity contribution is 5.99. The lowest BCUT2D eigenvalue weighted by Crippen LogP contribution is -1.87. The lowest BCUT2D eigenvalue weighted by Gasteiger charge is -1.98. The Hall–Kier alpha value is -2.77. The zero-order valence-corrected chi connectivity index (χ0v) is 11.5. The molecule has 20 heavy (non-hydrogen) atoms. The third-order valence-electron chi connectivity index (χ3n) is 2.59. The molecule has 0 aliphatic heterocycles. The van der Waals surface area contributed by atoms with E-state index in [-0.39, 0.29) is 5.78 Å². The molecule has 0 atom stereocenters. The number of terminal acetylenes is 2. The zero-order valence-electron chi connectivity index (χ0n) is 11.5. The maximum atomic E-state index is 11.6. The van der Waals surface area contributed by atoms with Crippen LogP contribution in [0, 0.1) is 24.7 Å². The van der Waals surface area contributed by atoms with E-state index < -0.39 is 0 Å². The van der Waals surface area contributed by atoms with E-state index in [9.17, 15) is 4.79 Å². The molecule has 0 aromatic carbocycles. The molecule has 1 heteroatoms. The molecule has 0 unspecified atom stereocenters. The van der Waals surface area contributed by atoms with E-state index in [1.165, 1.54) is 12.2 Å². The minimum absolute atomic E-state index is 0.0913. The van der Waals surface area contributed by atoms with E-state index in [4.69, 9.17) is 12.8 Å². The maximum absolute atomic E-state index is 11.6. The van der Waals surface area contributed by atoms with Gasteiger partial charge < -0.3 is 0 Å². The number of hydrogen-bond donors (Lipinski definition) is 0. The molecule has 0 aromatic heterocycles. The van der Waals surface area contributed by atoms with E-state index in [1.807, 2.05) is 24.3 Å². The van der Waals surface area contributed by atoms with Crippen molar-refractivity contribution < 1.29 is 4.79 Å². The Morgan fingerprint density at radius 3 is 2.70 bits per heavy atom. The molecule has 0 saturated carbocycles. The average Bonchev–Trinajstić information content (AvgIpc) is 2.70. The highest BCUT2D eigenvalue weighted by atomic mass is 16.1. The van der Waals surface area contributed by atoms with Gasteiger partial charge in [0.2, 0.25) is 0 Å². The van der Waals surface area contributed by atoms with Crippen LogP contribution in [0.15, 0.2) is 71.4 Å². The Balaban J connectivity index is 2.65. The van der Waals surface area contributed by atoms with Crippen LogP contribution in [-0.4, -0.2) is 5.78 Å². The Morgan fingerprint density at radius 2 is 2.00 bits per heavy atom. The fourth-order valence-electron chi connectivity index (χ4n) is 1.48. The van der Waals surface area contributed by atoms with E-state index in [1.54, 1.807) is 25.2 Å². The summed E-state index contributed by atoms with van der Waals surface area (Å²) in [4.78, 5) is 11.6. The molecule has 0 fully saturated rings. The maximum Gasteiger partial charge on any atom is 0.178 e. The first kappa shape index (κ1) is 15.3. The topological polar surface area (TPSA) is 17.1 Å². The summed E-state index contributed by atoms with van der Waals surface area (Å²) in [6.07, 6.45) is 27.0. The van der Waals surface area contributed by atoms with Crippen molar-refractivity contribution in [2.45, 2.75) is 13.3 Å². The van der Waals surface area contributed by atoms with Crippen LogP contribution in [-0.2, 0) is 4.79 Å². The fourth-order valence-corrected chi connectivity index (χ4v) is 1.48. The predicted octanol–water partition coefficient (Wildman–Crippen LogP) is 3.69. The molecule has 0 saturated heterocycles. The van der Waals surface area contributed by atoms with Crippen molar-refractivity contribution in [1.29, 1.82) is 0 Å². The van der Waals surface area contributed by atoms with Crippen molar-refractivity contribution in [3.8, 4) is 24.7 Å². The number of carbonyl (C=O) groups is 1. The van der Waals surface area contributed by atoms with Gasteiger partial charge in [-0.2, -0.15) is 0 Å². The molecule has 0 bridgehead atoms. The molecule has 0 amide bonds. The van der Waals surface area contributed by atoms with Crippen LogP contribution in [0.4, 0.5) is 0 Å². The smallest absolute Gasteiger partial charge is 0.178 e. The first-order valence-corrected chi connectivity index (χ1v) is 6.22. The van der Waals surface area contributed by atoms with Gasteiger partial charge in [-0.1, -0.05) is 54.4 Å². The highest BCUT2D eigenvalue weighted by Crippen LogP contribution is 2.15. The summed E-state index contributed by atoms with van der Waals surface area (Å²) in [6.45, 7) is 1.81. The number of allylic oxidation sites excluding steroid dienone is 12. The van der Waals surface area contributed by atoms with E-state index >= 15 is 0 Å². The van der Waals surface area contributed by atoms with Crippen LogP contribution >= 0.6 is 0 Å². The Labute approximate surface area is 120 Å². The molecule has 0 heterocycles. The average molecular weight is 260 g/mol. The van der Waals surface area contributed by atoms with Gasteiger partial charge in [0.15, 0.2) is 5.78 Å². The second-order valence-corrected chi connectivity index (χ2v) is 4.23. The zero-order chi connectivity index (χ0) is 14.8. The van der Waals surface area contributed by atoms with Crippen molar-refractivity contribution in [3.63, 3.8) is 0 Å². The van der Waals surface area contributed by atoms with E-state index in [2.05, 4.69) is 11.8 Å². The van der Waals surface area contributed by atoms with Gasteiger partial charge in [0.1, 0.15) is 0 Å². The van der Waals surface area contributed by atoms with Crippen molar-refractivity contribution in [1.82, 2.24) is 0 Å². The van der Waals surface area contributed by atoms with Crippen molar-refractivity contribution >= 4 is 5.78 Å². The molecular weight excluding hydrogens is 244 g/mol. The lowest BCUT2D eigenvalue weighted by molar-refractivity contribution is -0.110. The molecule has 1 rings (SSSR count). The van der Waals surface area contributed by atoms with Gasteiger partial charge in [0.05, 0.1) is 0 Å². The van der Waals surface area contributed by atoms with Gasteiger partial charge in [-0.25, -0.2) is 0 Å². The second-order valence-electron chi connectivity index (χ2n) is 4.23. The summed E-state index contributed by atoms with van der Waals surface area (Å²) in [5.74, 6) is 5.01. The highest BCUT2D eigenvalue weighted by Gasteiger charge is 1.99. The second kappa shape index (κ2) is 8.35. The van der Waals surface area contributed by atoms with Crippen LogP contribution in [0.5, 0.6) is 0 Å². The summed E-state index contributed by atoms with van der Waals surface area (Å²) < 4.78 is 0. The molecule has 98 valence electrons. The standard InChI is InChI=1S/C19H16O/c1-4-16(3)9-8-12-19(20)14-13-18-11-7-6-10-17(5-2)15-18/h1-2,6-14H,15H2,3H3/b12-8+,14-13+,16-9-. The summed E-state index contributed by atoms with van der Waals surface area (Å²) in [5.41, 5.74) is 2.67. The summed E-state index contributed by atoms with van der Waals surface area (Å²) in [5, 5.41) is 0. The van der Waals surface area contributed by atoms with Crippen LogP contribution in [0.3, 0.4) is 0 Å². The summed E-state index contributed by atoms with van der Waals surface area (Å²) in [6, 6.07) is 0. The van der Waals surface area contributed by atoms with Gasteiger partial charge >= 0.3 is 0 Å². The van der Waals surface area contributed by atoms with Crippen molar-refractivity contribution in [2.75, 3.05) is 0 Å². The van der Waals surface area contributed by atoms with Crippen molar-refractivity contribution in [3.05, 3.63) is 71.4 Å². The molecule has 0 aromatic rings. The molecule has 1 nitrogen and oxygen atoms in total. The van der Waals surface area contributed by atoms with Gasteiger partial charge in [-0.3, -0.25) is 4.79 Å². The van der Waals surface area contributed by atoms with Gasteiger partial charge in [-0.15, -0.1) is 12.8 Å². The molecule has 0 N–H and O–H groups in total. The molecule has 1 aliphatic rings. The first-order valence-electron chi connectivity index (χ1n) is 6.22.